The molecule has 0 spiro atoms. The van der Waals surface area contributed by atoms with Crippen LogP contribution in [0.5, 0.6) is 0 Å². The summed E-state index contributed by atoms with van der Waals surface area (Å²) in [6, 6.07) is 0. The molecule has 0 aliphatic carbocycles. The van der Waals surface area contributed by atoms with E-state index in [0.29, 0.717) is 6.61 Å². The maximum atomic E-state index is 6.16. The van der Waals surface area contributed by atoms with E-state index in [4.69, 9.17) is 14.7 Å². The molecule has 3 rings (SSSR count). The van der Waals surface area contributed by atoms with E-state index in [1.807, 2.05) is 0 Å². The number of thioether (sulfide) groups is 1. The van der Waals surface area contributed by atoms with E-state index in [-0.39, 0.29) is 5.60 Å². The molecule has 0 radical (unpaired) electrons. The SMILES string of the molecule is CCCSc1nc(NCCCN(C)C)c2c3c(sc2n1)CO[C@@](C)(CC)C3. The summed E-state index contributed by atoms with van der Waals surface area (Å²) in [4.78, 5) is 14.4. The van der Waals surface area contributed by atoms with Crippen molar-refractivity contribution in [3.8, 4) is 0 Å². The van der Waals surface area contributed by atoms with Crippen LogP contribution in [0.25, 0.3) is 10.2 Å². The lowest BCUT2D eigenvalue weighted by Gasteiger charge is -2.33. The Bertz CT molecular complexity index is 777. The van der Waals surface area contributed by atoms with E-state index in [9.17, 15) is 0 Å². The number of hydrogen-bond donors (Lipinski definition) is 1. The highest BCUT2D eigenvalue weighted by atomic mass is 32.2. The Morgan fingerprint density at radius 3 is 2.81 bits per heavy atom. The summed E-state index contributed by atoms with van der Waals surface area (Å²) in [5.74, 6) is 2.06. The van der Waals surface area contributed by atoms with Crippen molar-refractivity contribution in [3.05, 3.63) is 10.4 Å². The molecule has 2 aromatic heterocycles. The van der Waals surface area contributed by atoms with E-state index >= 15 is 0 Å². The predicted molar refractivity (Wildman–Crippen MR) is 117 cm³/mol. The van der Waals surface area contributed by atoms with Gasteiger partial charge in [0.15, 0.2) is 5.16 Å². The molecule has 0 saturated carbocycles. The summed E-state index contributed by atoms with van der Waals surface area (Å²) in [7, 11) is 4.23. The van der Waals surface area contributed by atoms with Crippen LogP contribution < -0.4 is 5.32 Å². The first-order valence-electron chi connectivity index (χ1n) is 9.93. The molecule has 3 heterocycles. The topological polar surface area (TPSA) is 50.3 Å². The van der Waals surface area contributed by atoms with Gasteiger partial charge < -0.3 is 15.0 Å². The molecule has 2 aromatic rings. The first kappa shape index (κ1) is 20.8. The van der Waals surface area contributed by atoms with E-state index < -0.39 is 0 Å². The number of fused-ring (bicyclic) bond motifs is 3. The number of anilines is 1. The molecule has 150 valence electrons. The van der Waals surface area contributed by atoms with E-state index in [2.05, 4.69) is 45.1 Å². The number of nitrogens with one attached hydrogen (secondary N) is 1. The first-order chi connectivity index (χ1) is 13.0. The standard InChI is InChI=1S/C20H32N4OS2/c1-6-11-26-19-22-17(21-9-8-10-24(4)5)16-14-12-20(3,7-2)25-13-15(14)27-18(16)23-19/h6-13H2,1-5H3,(H,21,22,23)/t20-/m0/s1. The highest BCUT2D eigenvalue weighted by molar-refractivity contribution is 7.99. The van der Waals surface area contributed by atoms with Gasteiger partial charge in [-0.15, -0.1) is 11.3 Å². The Kier molecular flexibility index (Phi) is 7.00. The molecule has 0 fully saturated rings. The molecule has 0 amide bonds. The fourth-order valence-electron chi connectivity index (χ4n) is 3.27. The van der Waals surface area contributed by atoms with E-state index in [1.54, 1.807) is 23.1 Å². The van der Waals surface area contributed by atoms with Crippen molar-refractivity contribution in [2.75, 3.05) is 38.3 Å². The van der Waals surface area contributed by atoms with Crippen LogP contribution in [0.15, 0.2) is 5.16 Å². The molecule has 0 saturated heterocycles. The molecule has 0 aromatic carbocycles. The lowest BCUT2D eigenvalue weighted by Crippen LogP contribution is -2.34. The zero-order chi connectivity index (χ0) is 19.4. The molecule has 5 nitrogen and oxygen atoms in total. The fraction of sp³-hybridized carbons (Fsp3) is 0.700. The van der Waals surface area contributed by atoms with Gasteiger partial charge in [0.1, 0.15) is 10.6 Å². The fourth-order valence-corrected chi connectivity index (χ4v) is 5.13. The van der Waals surface area contributed by atoms with Crippen LogP contribution in [0.2, 0.25) is 0 Å². The summed E-state index contributed by atoms with van der Waals surface area (Å²) in [5, 5.41) is 5.73. The minimum atomic E-state index is -0.0845. The lowest BCUT2D eigenvalue weighted by atomic mass is 9.90. The summed E-state index contributed by atoms with van der Waals surface area (Å²) >= 11 is 3.53. The van der Waals surface area contributed by atoms with Crippen LogP contribution in [0.4, 0.5) is 5.82 Å². The van der Waals surface area contributed by atoms with E-state index in [1.165, 1.54) is 15.8 Å². The molecular weight excluding hydrogens is 376 g/mol. The smallest absolute Gasteiger partial charge is 0.190 e. The number of aromatic nitrogens is 2. The van der Waals surface area contributed by atoms with Crippen molar-refractivity contribution in [2.45, 2.75) is 63.8 Å². The van der Waals surface area contributed by atoms with Crippen molar-refractivity contribution in [1.82, 2.24) is 14.9 Å². The third-order valence-corrected chi connectivity index (χ3v) is 7.23. The number of rotatable bonds is 9. The van der Waals surface area contributed by atoms with Gasteiger partial charge >= 0.3 is 0 Å². The van der Waals surface area contributed by atoms with Gasteiger partial charge in [-0.2, -0.15) is 0 Å². The van der Waals surface area contributed by atoms with Crippen LogP contribution in [-0.4, -0.2) is 53.4 Å². The summed E-state index contributed by atoms with van der Waals surface area (Å²) in [5.41, 5.74) is 1.31. The minimum absolute atomic E-state index is 0.0845. The molecule has 0 unspecified atom stereocenters. The summed E-state index contributed by atoms with van der Waals surface area (Å²) in [6.45, 7) is 9.30. The Morgan fingerprint density at radius 2 is 2.11 bits per heavy atom. The van der Waals surface area contributed by atoms with Crippen LogP contribution in [0, 0.1) is 0 Å². The zero-order valence-corrected chi connectivity index (χ0v) is 18.9. The predicted octanol–water partition coefficient (Wildman–Crippen LogP) is 4.80. The minimum Gasteiger partial charge on any atom is -0.369 e. The maximum Gasteiger partial charge on any atom is 0.190 e. The van der Waals surface area contributed by atoms with Crippen LogP contribution in [0.1, 0.15) is 50.5 Å². The molecule has 0 bridgehead atoms. The molecule has 1 atom stereocenters. The van der Waals surface area contributed by atoms with Gasteiger partial charge in [0.25, 0.3) is 0 Å². The third-order valence-electron chi connectivity index (χ3n) is 5.07. The highest BCUT2D eigenvalue weighted by Crippen LogP contribution is 2.42. The monoisotopic (exact) mass is 408 g/mol. The number of nitrogens with zero attached hydrogens (tertiary/aromatic N) is 3. The second-order valence-electron chi connectivity index (χ2n) is 7.74. The molecule has 1 aliphatic rings. The largest absolute Gasteiger partial charge is 0.369 e. The van der Waals surface area contributed by atoms with Gasteiger partial charge in [-0.3, -0.25) is 0 Å². The molecule has 1 N–H and O–H groups in total. The number of hydrogen-bond acceptors (Lipinski definition) is 7. The third kappa shape index (κ3) is 4.94. The average molecular weight is 409 g/mol. The normalized spacial score (nSPS) is 19.6. The first-order valence-corrected chi connectivity index (χ1v) is 11.7. The summed E-state index contributed by atoms with van der Waals surface area (Å²) < 4.78 is 6.16. The van der Waals surface area contributed by atoms with E-state index in [0.717, 1.165) is 60.3 Å². The van der Waals surface area contributed by atoms with Crippen LogP contribution >= 0.6 is 23.1 Å². The molecule has 1 aliphatic heterocycles. The van der Waals surface area contributed by atoms with Crippen molar-refractivity contribution >= 4 is 39.1 Å². The number of ether oxygens (including phenoxy) is 1. The molecule has 27 heavy (non-hydrogen) atoms. The quantitative estimate of drug-likeness (QED) is 0.365. The van der Waals surface area contributed by atoms with Gasteiger partial charge in [-0.1, -0.05) is 25.6 Å². The lowest BCUT2D eigenvalue weighted by molar-refractivity contribution is -0.0542. The van der Waals surface area contributed by atoms with Crippen LogP contribution in [0.3, 0.4) is 0 Å². The number of thiophene rings is 1. The maximum absolute atomic E-state index is 6.16. The molecule has 7 heteroatoms. The zero-order valence-electron chi connectivity index (χ0n) is 17.2. The van der Waals surface area contributed by atoms with Gasteiger partial charge in [0.2, 0.25) is 0 Å². The second-order valence-corrected chi connectivity index (χ2v) is 9.89. The van der Waals surface area contributed by atoms with Crippen molar-refractivity contribution in [3.63, 3.8) is 0 Å². The Balaban J connectivity index is 1.94. The molecular formula is C20H32N4OS2. The Morgan fingerprint density at radius 1 is 1.30 bits per heavy atom. The van der Waals surface area contributed by atoms with Gasteiger partial charge in [-0.05, 0) is 52.4 Å². The van der Waals surface area contributed by atoms with Crippen molar-refractivity contribution in [2.24, 2.45) is 0 Å². The van der Waals surface area contributed by atoms with Crippen molar-refractivity contribution < 1.29 is 4.74 Å². The highest BCUT2D eigenvalue weighted by Gasteiger charge is 2.33. The Labute approximate surface area is 171 Å². The van der Waals surface area contributed by atoms with Crippen LogP contribution in [-0.2, 0) is 17.8 Å². The average Bonchev–Trinajstić information content (AvgIpc) is 3.00. The van der Waals surface area contributed by atoms with Gasteiger partial charge in [0.05, 0.1) is 17.6 Å². The van der Waals surface area contributed by atoms with Crippen molar-refractivity contribution in [1.29, 1.82) is 0 Å². The van der Waals surface area contributed by atoms with Gasteiger partial charge in [-0.25, -0.2) is 9.97 Å². The second kappa shape index (κ2) is 9.07. The summed E-state index contributed by atoms with van der Waals surface area (Å²) in [6.07, 6.45) is 4.18. The Hall–Kier alpha value is -0.890. The van der Waals surface area contributed by atoms with Gasteiger partial charge in [0, 0.05) is 23.6 Å².